The molecular weight excluding hydrogens is 1190 g/mol. The van der Waals surface area contributed by atoms with Gasteiger partial charge in [-0.15, -0.1) is 20.5 Å². The topological polar surface area (TPSA) is 376 Å². The van der Waals surface area contributed by atoms with Crippen LogP contribution < -0.4 is 58.5 Å². The van der Waals surface area contributed by atoms with Gasteiger partial charge in [-0.05, 0) is 151 Å². The van der Waals surface area contributed by atoms with Gasteiger partial charge in [0, 0.05) is 22.2 Å². The predicted octanol–water partition coefficient (Wildman–Crippen LogP) is 3.18. The Bertz CT molecular complexity index is 2500. The van der Waals surface area contributed by atoms with Crippen molar-refractivity contribution in [2.45, 2.75) is 284 Å². The van der Waals surface area contributed by atoms with Gasteiger partial charge >= 0.3 is 5.97 Å². The number of methoxy groups -OCH3 is 1. The third-order valence-corrected chi connectivity index (χ3v) is 17.1. The lowest BCUT2D eigenvalue weighted by molar-refractivity contribution is -0.296. The van der Waals surface area contributed by atoms with E-state index in [1.165, 1.54) is 21.0 Å². The molecule has 0 aliphatic carbocycles. The fourth-order valence-electron chi connectivity index (χ4n) is 12.9. The molecule has 5 atom stereocenters. The molecule has 0 saturated carbocycles. The highest BCUT2D eigenvalue weighted by Crippen LogP contribution is 2.44. The standard InChI is InChI=1S/C65H117N13O14/c1-21-23-24-25-26-27-28-70-64(36-59(10,11)77(90)60(12,13)37-64)57(88)69-34-49(81)72-45(30-41(5)6)53(84)76-65(38-61(14,15)78(91)62(16,17)39-65)58(89)68-32-47(79)66-33-48(80)71-44(29-40(3)4)52(83)75-63(18,19)56(87)67-35-50(82)74-51(43(9)22-2)54(85)73-46(31-42(7)8)55(86)92-20/h40-46,51,70H,21-39H2,1-20H3,(H,66,79)(H,67,87)(H,68,89)(H,69,88)(H,71,80)(H,72,81)(H,73,85)(H,74,82)(H,75,83)(H,76,84)/t43-,44-,45-,46-,51-/m0/s1. The van der Waals surface area contributed by atoms with E-state index in [0.29, 0.717) is 19.4 Å². The average Bonchev–Trinajstić information content (AvgIpc) is 0.750. The fraction of sp³-hybridized carbons (Fsp3) is 0.831. The van der Waals surface area contributed by atoms with Crippen molar-refractivity contribution in [1.82, 2.24) is 68.6 Å². The second-order valence-electron chi connectivity index (χ2n) is 30.0. The van der Waals surface area contributed by atoms with Gasteiger partial charge in [-0.2, -0.15) is 0 Å². The van der Waals surface area contributed by atoms with Gasteiger partial charge in [0.15, 0.2) is 0 Å². The van der Waals surface area contributed by atoms with Crippen molar-refractivity contribution in [2.75, 3.05) is 39.8 Å². The highest BCUT2D eigenvalue weighted by Gasteiger charge is 2.59. The summed E-state index contributed by atoms with van der Waals surface area (Å²) in [7, 11) is 1.21. The van der Waals surface area contributed by atoms with Crippen LogP contribution in [0, 0.1) is 23.7 Å². The van der Waals surface area contributed by atoms with Crippen LogP contribution in [0.1, 0.15) is 221 Å². The fourth-order valence-corrected chi connectivity index (χ4v) is 12.9. The molecule has 0 aromatic rings. The van der Waals surface area contributed by atoms with Crippen LogP contribution in [0.2, 0.25) is 0 Å². The number of carbonyl (C=O) groups excluding carboxylic acids is 11. The van der Waals surface area contributed by atoms with Crippen LogP contribution >= 0.6 is 0 Å². The number of piperidine rings is 2. The number of ether oxygens (including phenoxy) is 1. The summed E-state index contributed by atoms with van der Waals surface area (Å²) in [5, 5.41) is 59.0. The SMILES string of the molecule is CCCCCCCCNC1(C(=O)NCC(=O)N[C@@H](CC(C)C)C(=O)NC2(C(=O)NCC(=O)NCC(=O)N[C@@H](CC(C)C)C(=O)NC(C)(C)C(=O)NCC(=O)N[C@H](C(=O)N[C@@H](CC(C)C)C(=O)OC)[C@@H](C)CC)CC(C)(C)N([O])C(C)(C)C2)CC(C)(C)N([O])C(C)(C)C1. The number of amides is 10. The van der Waals surface area contributed by atoms with Gasteiger partial charge in [0.05, 0.1) is 33.3 Å². The zero-order valence-electron chi connectivity index (χ0n) is 59.2. The van der Waals surface area contributed by atoms with E-state index >= 15 is 0 Å². The highest BCUT2D eigenvalue weighted by molar-refractivity contribution is 5.99. The van der Waals surface area contributed by atoms with Crippen molar-refractivity contribution in [1.29, 1.82) is 0 Å². The van der Waals surface area contributed by atoms with Gasteiger partial charge in [0.1, 0.15) is 40.8 Å². The zero-order chi connectivity index (χ0) is 70.5. The van der Waals surface area contributed by atoms with E-state index in [4.69, 9.17) is 4.74 Å². The lowest BCUT2D eigenvalue weighted by Crippen LogP contribution is -2.73. The van der Waals surface area contributed by atoms with Crippen molar-refractivity contribution in [3.05, 3.63) is 0 Å². The first kappa shape index (κ1) is 82.1. The third-order valence-electron chi connectivity index (χ3n) is 17.1. The molecule has 2 heterocycles. The minimum Gasteiger partial charge on any atom is -0.467 e. The Morgan fingerprint density at radius 2 is 0.880 bits per heavy atom. The molecular formula is C65H117N13O14. The van der Waals surface area contributed by atoms with E-state index in [2.05, 4.69) is 65.4 Å². The van der Waals surface area contributed by atoms with E-state index in [0.717, 1.165) is 48.7 Å². The first-order chi connectivity index (χ1) is 42.4. The van der Waals surface area contributed by atoms with E-state index in [1.54, 1.807) is 76.2 Å². The van der Waals surface area contributed by atoms with Crippen LogP contribution in [0.5, 0.6) is 0 Å². The van der Waals surface area contributed by atoms with Crippen LogP contribution in [-0.2, 0) is 67.9 Å². The van der Waals surface area contributed by atoms with Gasteiger partial charge in [-0.1, -0.05) is 101 Å². The molecule has 27 heteroatoms. The maximum atomic E-state index is 14.6. The summed E-state index contributed by atoms with van der Waals surface area (Å²) in [4.78, 5) is 151. The van der Waals surface area contributed by atoms with Gasteiger partial charge in [0.25, 0.3) is 0 Å². The zero-order valence-corrected chi connectivity index (χ0v) is 59.2. The summed E-state index contributed by atoms with van der Waals surface area (Å²) in [6, 6.07) is -4.44. The normalized spacial score (nSPS) is 19.0. The molecule has 2 radical (unpaired) electrons. The smallest absolute Gasteiger partial charge is 0.328 e. The Morgan fingerprint density at radius 3 is 1.35 bits per heavy atom. The summed E-state index contributed by atoms with van der Waals surface area (Å²) in [6.07, 6.45) is 7.14. The molecule has 0 aromatic carbocycles. The molecule has 2 rings (SSSR count). The Kier molecular flexibility index (Phi) is 31.6. The summed E-state index contributed by atoms with van der Waals surface area (Å²) < 4.78 is 4.86. The third kappa shape index (κ3) is 25.0. The molecule has 92 heavy (non-hydrogen) atoms. The van der Waals surface area contributed by atoms with Crippen LogP contribution in [-0.4, -0.2) is 178 Å². The van der Waals surface area contributed by atoms with E-state index in [-0.39, 0.29) is 62.2 Å². The largest absolute Gasteiger partial charge is 0.467 e. The first-order valence-corrected chi connectivity index (χ1v) is 33.1. The van der Waals surface area contributed by atoms with E-state index < -0.39 is 154 Å². The van der Waals surface area contributed by atoms with Crippen molar-refractivity contribution < 1.29 is 67.9 Å². The minimum atomic E-state index is -1.82. The molecule has 27 nitrogen and oxygen atoms in total. The van der Waals surface area contributed by atoms with Crippen LogP contribution in [0.3, 0.4) is 0 Å². The lowest BCUT2D eigenvalue weighted by atomic mass is 9.69. The molecule has 0 aromatic heterocycles. The minimum absolute atomic E-state index is 0.0383. The molecule has 2 fully saturated rings. The monoisotopic (exact) mass is 1300 g/mol. The Morgan fingerprint density at radius 1 is 0.478 bits per heavy atom. The second kappa shape index (κ2) is 35.5. The number of nitrogens with one attached hydrogen (secondary N) is 11. The molecule has 10 amide bonds. The number of esters is 1. The molecule has 0 unspecified atom stereocenters. The Balaban J connectivity index is 2.22. The summed E-state index contributed by atoms with van der Waals surface area (Å²) in [6.45, 7) is 31.3. The second-order valence-corrected chi connectivity index (χ2v) is 30.0. The summed E-state index contributed by atoms with van der Waals surface area (Å²) >= 11 is 0. The molecule has 0 spiro atoms. The van der Waals surface area contributed by atoms with Gasteiger partial charge in [0.2, 0.25) is 59.1 Å². The lowest BCUT2D eigenvalue weighted by Gasteiger charge is -2.54. The van der Waals surface area contributed by atoms with Gasteiger partial charge < -0.3 is 63.2 Å². The number of rotatable bonds is 37. The van der Waals surface area contributed by atoms with Crippen molar-refractivity contribution in [2.24, 2.45) is 23.7 Å². The van der Waals surface area contributed by atoms with Crippen LogP contribution in [0.25, 0.3) is 0 Å². The van der Waals surface area contributed by atoms with Crippen LogP contribution in [0.15, 0.2) is 0 Å². The number of hydrogen-bond acceptors (Lipinski definition) is 15. The van der Waals surface area contributed by atoms with Crippen molar-refractivity contribution in [3.63, 3.8) is 0 Å². The van der Waals surface area contributed by atoms with E-state index in [9.17, 15) is 63.2 Å². The number of hydroxylamine groups is 4. The number of unbranched alkanes of at least 4 members (excludes halogenated alkanes) is 5. The molecule has 2 aliphatic heterocycles. The maximum Gasteiger partial charge on any atom is 0.328 e. The molecule has 0 bridgehead atoms. The first-order valence-electron chi connectivity index (χ1n) is 33.1. The number of nitrogens with zero attached hydrogens (tertiary/aromatic N) is 2. The molecule has 2 saturated heterocycles. The van der Waals surface area contributed by atoms with Gasteiger partial charge in [-0.25, -0.2) is 4.79 Å². The molecule has 526 valence electrons. The summed E-state index contributed by atoms with van der Waals surface area (Å²) in [5.41, 5.74) is -9.02. The molecule has 2 aliphatic rings. The number of carbonyl (C=O) groups is 11. The molecule has 11 N–H and O–H groups in total. The highest BCUT2D eigenvalue weighted by atomic mass is 16.5. The Hall–Kier alpha value is -6.03. The van der Waals surface area contributed by atoms with Crippen LogP contribution in [0.4, 0.5) is 0 Å². The summed E-state index contributed by atoms with van der Waals surface area (Å²) in [5.74, 6) is -8.45. The Labute approximate surface area is 547 Å². The number of hydrogen-bond donors (Lipinski definition) is 11. The quantitative estimate of drug-likeness (QED) is 0.0314. The average molecular weight is 1300 g/mol. The van der Waals surface area contributed by atoms with Crippen molar-refractivity contribution in [3.8, 4) is 0 Å². The maximum absolute atomic E-state index is 14.6. The predicted molar refractivity (Wildman–Crippen MR) is 347 cm³/mol. The van der Waals surface area contributed by atoms with E-state index in [1.807, 2.05) is 34.6 Å². The van der Waals surface area contributed by atoms with Crippen molar-refractivity contribution >= 4 is 65.0 Å². The van der Waals surface area contributed by atoms with Gasteiger partial charge in [-0.3, -0.25) is 47.9 Å².